The summed E-state index contributed by atoms with van der Waals surface area (Å²) in [5.41, 5.74) is 5.10. The van der Waals surface area contributed by atoms with Crippen LogP contribution in [0.4, 0.5) is 0 Å². The molecule has 27 heavy (non-hydrogen) atoms. The number of aryl methyl sites for hydroxylation is 1. The molecule has 0 bridgehead atoms. The van der Waals surface area contributed by atoms with E-state index in [1.54, 1.807) is 0 Å². The third-order valence-corrected chi connectivity index (χ3v) is 4.95. The lowest BCUT2D eigenvalue weighted by Gasteiger charge is -2.14. The van der Waals surface area contributed by atoms with Crippen LogP contribution in [0.15, 0.2) is 55.1 Å². The van der Waals surface area contributed by atoms with Crippen LogP contribution in [0.1, 0.15) is 64.3 Å². The van der Waals surface area contributed by atoms with E-state index in [1.165, 1.54) is 24.5 Å². The average Bonchev–Trinajstić information content (AvgIpc) is 3.51. The second kappa shape index (κ2) is 8.21. The molecule has 1 unspecified atom stereocenters. The van der Waals surface area contributed by atoms with Gasteiger partial charge in [0.05, 0.1) is 6.04 Å². The lowest BCUT2D eigenvalue weighted by Crippen LogP contribution is -2.25. The normalized spacial score (nSPS) is 14.3. The van der Waals surface area contributed by atoms with Crippen LogP contribution in [0, 0.1) is 6.92 Å². The number of carbonyl (C=O) groups excluding carboxylic acids is 2. The molecule has 2 N–H and O–H groups in total. The highest BCUT2D eigenvalue weighted by Gasteiger charge is 2.27. The summed E-state index contributed by atoms with van der Waals surface area (Å²) in [6.45, 7) is 7.88. The molecule has 3 rings (SSSR count). The van der Waals surface area contributed by atoms with E-state index in [2.05, 4.69) is 29.3 Å². The van der Waals surface area contributed by atoms with E-state index in [1.807, 2.05) is 44.2 Å². The van der Waals surface area contributed by atoms with Crippen LogP contribution in [-0.4, -0.2) is 11.8 Å². The zero-order valence-corrected chi connectivity index (χ0v) is 15.9. The SMILES string of the molecule is C=CC(=O)NC(C)c1ccc(CNC(=O)c2cc(C)ccc2C2CC2)cc1. The molecular formula is C23H26N2O2. The van der Waals surface area contributed by atoms with Gasteiger partial charge in [-0.3, -0.25) is 9.59 Å². The summed E-state index contributed by atoms with van der Waals surface area (Å²) in [5.74, 6) is 0.331. The molecule has 0 spiro atoms. The fourth-order valence-electron chi connectivity index (χ4n) is 3.17. The smallest absolute Gasteiger partial charge is 0.251 e. The van der Waals surface area contributed by atoms with Crippen molar-refractivity contribution >= 4 is 11.8 Å². The topological polar surface area (TPSA) is 58.2 Å². The number of rotatable bonds is 7. The maximum absolute atomic E-state index is 12.7. The molecule has 0 aromatic heterocycles. The van der Waals surface area contributed by atoms with Gasteiger partial charge in [-0.25, -0.2) is 0 Å². The molecule has 140 valence electrons. The summed E-state index contributed by atoms with van der Waals surface area (Å²) in [6.07, 6.45) is 3.61. The molecule has 4 nitrogen and oxygen atoms in total. The van der Waals surface area contributed by atoms with E-state index < -0.39 is 0 Å². The molecule has 1 atom stereocenters. The monoisotopic (exact) mass is 362 g/mol. The molecule has 4 heteroatoms. The van der Waals surface area contributed by atoms with Crippen LogP contribution in [-0.2, 0) is 11.3 Å². The minimum atomic E-state index is -0.191. The fraction of sp³-hybridized carbons (Fsp3) is 0.304. The third kappa shape index (κ3) is 4.85. The van der Waals surface area contributed by atoms with Gasteiger partial charge in [-0.05, 0) is 61.4 Å². The van der Waals surface area contributed by atoms with Gasteiger partial charge in [0.1, 0.15) is 0 Å². The Morgan fingerprint density at radius 1 is 1.19 bits per heavy atom. The largest absolute Gasteiger partial charge is 0.348 e. The number of hydrogen-bond acceptors (Lipinski definition) is 2. The van der Waals surface area contributed by atoms with Gasteiger partial charge in [-0.2, -0.15) is 0 Å². The predicted octanol–water partition coefficient (Wildman–Crippen LogP) is 4.17. The van der Waals surface area contributed by atoms with Crippen molar-refractivity contribution in [1.82, 2.24) is 10.6 Å². The summed E-state index contributed by atoms with van der Waals surface area (Å²) < 4.78 is 0. The molecule has 0 radical (unpaired) electrons. The van der Waals surface area contributed by atoms with Gasteiger partial charge in [-0.15, -0.1) is 0 Å². The van der Waals surface area contributed by atoms with E-state index >= 15 is 0 Å². The van der Waals surface area contributed by atoms with Gasteiger partial charge in [0.25, 0.3) is 5.91 Å². The Morgan fingerprint density at radius 3 is 2.52 bits per heavy atom. The van der Waals surface area contributed by atoms with Crippen molar-refractivity contribution in [3.8, 4) is 0 Å². The zero-order chi connectivity index (χ0) is 19.4. The number of nitrogens with one attached hydrogen (secondary N) is 2. The van der Waals surface area contributed by atoms with Crippen LogP contribution in [0.2, 0.25) is 0 Å². The minimum absolute atomic E-state index is 0.0173. The first kappa shape index (κ1) is 18.9. The first-order valence-corrected chi connectivity index (χ1v) is 9.38. The maximum Gasteiger partial charge on any atom is 0.251 e. The summed E-state index contributed by atoms with van der Waals surface area (Å²) in [4.78, 5) is 24.1. The highest BCUT2D eigenvalue weighted by atomic mass is 16.2. The van der Waals surface area contributed by atoms with E-state index in [0.29, 0.717) is 12.5 Å². The molecule has 0 saturated heterocycles. The van der Waals surface area contributed by atoms with Crippen LogP contribution >= 0.6 is 0 Å². The van der Waals surface area contributed by atoms with Gasteiger partial charge in [0.15, 0.2) is 0 Å². The first-order chi connectivity index (χ1) is 13.0. The summed E-state index contributed by atoms with van der Waals surface area (Å²) in [6, 6.07) is 14.0. The Morgan fingerprint density at radius 2 is 1.89 bits per heavy atom. The molecule has 2 aromatic rings. The van der Waals surface area contributed by atoms with Crippen molar-refractivity contribution in [2.75, 3.05) is 0 Å². The molecule has 2 aromatic carbocycles. The standard InChI is InChI=1S/C23H26N2O2/c1-4-22(26)25-16(3)18-8-6-17(7-9-18)14-24-23(27)21-13-15(2)5-12-20(21)19-10-11-19/h4-9,12-13,16,19H,1,10-11,14H2,2-3H3,(H,24,27)(H,25,26). The van der Waals surface area contributed by atoms with Gasteiger partial charge >= 0.3 is 0 Å². The molecule has 1 aliphatic carbocycles. The van der Waals surface area contributed by atoms with Crippen molar-refractivity contribution < 1.29 is 9.59 Å². The van der Waals surface area contributed by atoms with Crippen LogP contribution < -0.4 is 10.6 Å². The maximum atomic E-state index is 12.7. The van der Waals surface area contributed by atoms with Crippen LogP contribution in [0.3, 0.4) is 0 Å². The first-order valence-electron chi connectivity index (χ1n) is 9.38. The van der Waals surface area contributed by atoms with Crippen molar-refractivity contribution in [3.05, 3.63) is 82.9 Å². The number of amides is 2. The molecule has 0 heterocycles. The van der Waals surface area contributed by atoms with E-state index in [4.69, 9.17) is 0 Å². The second-order valence-corrected chi connectivity index (χ2v) is 7.22. The van der Waals surface area contributed by atoms with E-state index in [0.717, 1.165) is 22.3 Å². The van der Waals surface area contributed by atoms with Crippen LogP contribution in [0.5, 0.6) is 0 Å². The Hall–Kier alpha value is -2.88. The zero-order valence-electron chi connectivity index (χ0n) is 15.9. The molecular weight excluding hydrogens is 336 g/mol. The van der Waals surface area contributed by atoms with Crippen LogP contribution in [0.25, 0.3) is 0 Å². The molecule has 2 amide bonds. The van der Waals surface area contributed by atoms with Crippen molar-refractivity contribution in [2.24, 2.45) is 0 Å². The van der Waals surface area contributed by atoms with Gasteiger partial charge < -0.3 is 10.6 Å². The average molecular weight is 362 g/mol. The number of hydrogen-bond donors (Lipinski definition) is 2. The van der Waals surface area contributed by atoms with Crippen molar-refractivity contribution in [1.29, 1.82) is 0 Å². The highest BCUT2D eigenvalue weighted by Crippen LogP contribution is 2.41. The van der Waals surface area contributed by atoms with Gasteiger partial charge in [-0.1, -0.05) is 48.5 Å². The van der Waals surface area contributed by atoms with Crippen molar-refractivity contribution in [3.63, 3.8) is 0 Å². The molecule has 1 fully saturated rings. The van der Waals surface area contributed by atoms with Gasteiger partial charge in [0.2, 0.25) is 5.91 Å². The molecule has 1 aliphatic rings. The number of benzene rings is 2. The van der Waals surface area contributed by atoms with Crippen molar-refractivity contribution in [2.45, 2.75) is 45.2 Å². The Bertz CT molecular complexity index is 851. The molecule has 1 saturated carbocycles. The Labute approximate surface area is 160 Å². The Balaban J connectivity index is 1.62. The quantitative estimate of drug-likeness (QED) is 0.727. The summed E-state index contributed by atoms with van der Waals surface area (Å²) in [5, 5.41) is 5.87. The minimum Gasteiger partial charge on any atom is -0.348 e. The predicted molar refractivity (Wildman–Crippen MR) is 108 cm³/mol. The van der Waals surface area contributed by atoms with E-state index in [-0.39, 0.29) is 17.9 Å². The lowest BCUT2D eigenvalue weighted by atomic mass is 10.00. The van der Waals surface area contributed by atoms with E-state index in [9.17, 15) is 9.59 Å². The van der Waals surface area contributed by atoms with Gasteiger partial charge in [0, 0.05) is 12.1 Å². The summed E-state index contributed by atoms with van der Waals surface area (Å²) >= 11 is 0. The second-order valence-electron chi connectivity index (χ2n) is 7.22. The summed E-state index contributed by atoms with van der Waals surface area (Å²) in [7, 11) is 0. The Kier molecular flexibility index (Phi) is 5.75. The lowest BCUT2D eigenvalue weighted by molar-refractivity contribution is -0.117. The fourth-order valence-corrected chi connectivity index (χ4v) is 3.17. The third-order valence-electron chi connectivity index (χ3n) is 4.95. The number of carbonyl (C=O) groups is 2. The highest BCUT2D eigenvalue weighted by molar-refractivity contribution is 5.96. The molecule has 0 aliphatic heterocycles.